The second-order valence-electron chi connectivity index (χ2n) is 6.80. The van der Waals surface area contributed by atoms with Crippen LogP contribution in [0, 0.1) is 17.0 Å². The Hall–Kier alpha value is -3.22. The van der Waals surface area contributed by atoms with E-state index >= 15 is 0 Å². The van der Waals surface area contributed by atoms with Gasteiger partial charge in [-0.2, -0.15) is 4.72 Å². The summed E-state index contributed by atoms with van der Waals surface area (Å²) in [6, 6.07) is 8.21. The van der Waals surface area contributed by atoms with Crippen LogP contribution in [-0.2, 0) is 24.3 Å². The molecule has 2 aromatic carbocycles. The Bertz CT molecular complexity index is 1150. The van der Waals surface area contributed by atoms with Crippen molar-refractivity contribution in [2.75, 3.05) is 37.5 Å². The number of halogens is 1. The number of carbonyl (C=O) groups excluding carboxylic acids is 2. The molecular formula is C19H21ClN4O7S. The number of ether oxygens (including phenoxy) is 1. The van der Waals surface area contributed by atoms with E-state index in [1.165, 1.54) is 23.1 Å². The van der Waals surface area contributed by atoms with Crippen molar-refractivity contribution in [1.29, 1.82) is 0 Å². The van der Waals surface area contributed by atoms with Gasteiger partial charge in [-0.3, -0.25) is 19.7 Å². The number of nitro groups is 1. The van der Waals surface area contributed by atoms with Crippen LogP contribution in [0.15, 0.2) is 41.3 Å². The third kappa shape index (κ3) is 6.64. The lowest BCUT2D eigenvalue weighted by Gasteiger charge is -2.14. The minimum atomic E-state index is -4.24. The minimum absolute atomic E-state index is 0.217. The third-order valence-electron chi connectivity index (χ3n) is 4.16. The predicted octanol–water partition coefficient (Wildman–Crippen LogP) is 2.08. The average molecular weight is 485 g/mol. The highest BCUT2D eigenvalue weighted by molar-refractivity contribution is 7.89. The number of hydrogen-bond acceptors (Lipinski definition) is 8. The van der Waals surface area contributed by atoms with Crippen LogP contribution in [-0.4, -0.2) is 52.5 Å². The number of carbonyl (C=O) groups is 2. The van der Waals surface area contributed by atoms with Crippen molar-refractivity contribution < 1.29 is 27.7 Å². The van der Waals surface area contributed by atoms with Gasteiger partial charge in [0.2, 0.25) is 10.0 Å². The first-order chi connectivity index (χ1) is 14.9. The van der Waals surface area contributed by atoms with Gasteiger partial charge in [0, 0.05) is 30.9 Å². The molecule has 0 unspecified atom stereocenters. The summed E-state index contributed by atoms with van der Waals surface area (Å²) in [6.45, 7) is 0.385. The number of amides is 1. The van der Waals surface area contributed by atoms with Crippen LogP contribution in [0.1, 0.15) is 5.56 Å². The second kappa shape index (κ2) is 10.4. The van der Waals surface area contributed by atoms with E-state index < -0.39 is 50.6 Å². The number of nitro benzene ring substituents is 1. The molecule has 1 amide bonds. The number of hydrogen-bond donors (Lipinski definition) is 2. The fraction of sp³-hybridized carbons (Fsp3) is 0.263. The number of rotatable bonds is 9. The second-order valence-corrected chi connectivity index (χ2v) is 8.97. The molecule has 0 saturated heterocycles. The summed E-state index contributed by atoms with van der Waals surface area (Å²) in [6.07, 6.45) is 0. The maximum atomic E-state index is 12.4. The van der Waals surface area contributed by atoms with Crippen LogP contribution >= 0.6 is 11.6 Å². The lowest BCUT2D eigenvalue weighted by atomic mass is 10.2. The van der Waals surface area contributed by atoms with E-state index in [-0.39, 0.29) is 5.69 Å². The Balaban J connectivity index is 1.94. The van der Waals surface area contributed by atoms with Crippen LogP contribution in [0.4, 0.5) is 17.1 Å². The van der Waals surface area contributed by atoms with Gasteiger partial charge in [0.15, 0.2) is 6.61 Å². The van der Waals surface area contributed by atoms with Crippen LogP contribution < -0.4 is 14.9 Å². The van der Waals surface area contributed by atoms with Crippen molar-refractivity contribution in [3.05, 3.63) is 57.1 Å². The van der Waals surface area contributed by atoms with Gasteiger partial charge in [0.1, 0.15) is 12.2 Å². The monoisotopic (exact) mass is 484 g/mol. The Morgan fingerprint density at radius 2 is 1.88 bits per heavy atom. The van der Waals surface area contributed by atoms with Crippen LogP contribution in [0.25, 0.3) is 0 Å². The molecule has 0 aliphatic heterocycles. The van der Waals surface area contributed by atoms with Crippen molar-refractivity contribution in [3.63, 3.8) is 0 Å². The van der Waals surface area contributed by atoms with E-state index in [0.717, 1.165) is 11.6 Å². The molecule has 13 heteroatoms. The van der Waals surface area contributed by atoms with Gasteiger partial charge >= 0.3 is 5.97 Å². The largest absolute Gasteiger partial charge is 0.455 e. The molecule has 2 rings (SSSR count). The summed E-state index contributed by atoms with van der Waals surface area (Å²) < 4.78 is 31.5. The van der Waals surface area contributed by atoms with E-state index in [0.29, 0.717) is 10.7 Å². The maximum Gasteiger partial charge on any atom is 0.321 e. The molecule has 11 nitrogen and oxygen atoms in total. The van der Waals surface area contributed by atoms with Gasteiger partial charge in [-0.1, -0.05) is 17.7 Å². The Kier molecular flexibility index (Phi) is 8.14. The van der Waals surface area contributed by atoms with Gasteiger partial charge in [-0.25, -0.2) is 8.42 Å². The molecule has 32 heavy (non-hydrogen) atoms. The number of nitrogens with one attached hydrogen (secondary N) is 2. The molecule has 2 aromatic rings. The number of esters is 1. The molecule has 0 heterocycles. The quantitative estimate of drug-likeness (QED) is 0.312. The first-order valence-corrected chi connectivity index (χ1v) is 10.9. The highest BCUT2D eigenvalue weighted by atomic mass is 35.5. The summed E-state index contributed by atoms with van der Waals surface area (Å²) in [5.74, 6) is -1.65. The summed E-state index contributed by atoms with van der Waals surface area (Å²) in [7, 11) is -1.08. The minimum Gasteiger partial charge on any atom is -0.455 e. The van der Waals surface area contributed by atoms with Crippen LogP contribution in [0.5, 0.6) is 0 Å². The Labute approximate surface area is 189 Å². The van der Waals surface area contributed by atoms with Gasteiger partial charge in [-0.15, -0.1) is 0 Å². The lowest BCUT2D eigenvalue weighted by Crippen LogP contribution is -2.32. The van der Waals surface area contributed by atoms with E-state index in [9.17, 15) is 28.1 Å². The van der Waals surface area contributed by atoms with E-state index in [1.54, 1.807) is 33.2 Å². The zero-order valence-electron chi connectivity index (χ0n) is 17.4. The van der Waals surface area contributed by atoms with Crippen LogP contribution in [0.3, 0.4) is 0 Å². The molecule has 0 fully saturated rings. The fourth-order valence-corrected chi connectivity index (χ4v) is 3.67. The molecule has 0 spiro atoms. The fourth-order valence-electron chi connectivity index (χ4n) is 2.50. The third-order valence-corrected chi connectivity index (χ3v) is 5.97. The SMILES string of the molecule is Cc1ccc(NC(=O)COC(=O)CNS(=O)(=O)c2ccc(N(C)C)c([N+](=O)[O-])c2)cc1Cl. The van der Waals surface area contributed by atoms with Crippen molar-refractivity contribution in [2.24, 2.45) is 0 Å². The zero-order valence-corrected chi connectivity index (χ0v) is 19.0. The lowest BCUT2D eigenvalue weighted by molar-refractivity contribution is -0.384. The summed E-state index contributed by atoms with van der Waals surface area (Å²) in [5.41, 5.74) is 1.04. The predicted molar refractivity (Wildman–Crippen MR) is 118 cm³/mol. The summed E-state index contributed by atoms with van der Waals surface area (Å²) in [4.78, 5) is 35.3. The first-order valence-electron chi connectivity index (χ1n) is 9.08. The molecule has 0 aliphatic carbocycles. The number of benzene rings is 2. The van der Waals surface area contributed by atoms with Gasteiger partial charge in [-0.05, 0) is 36.8 Å². The van der Waals surface area contributed by atoms with Crippen molar-refractivity contribution >= 4 is 50.6 Å². The molecule has 0 bridgehead atoms. The summed E-state index contributed by atoms with van der Waals surface area (Å²) >= 11 is 5.97. The smallest absolute Gasteiger partial charge is 0.321 e. The molecule has 172 valence electrons. The molecule has 2 N–H and O–H groups in total. The van der Waals surface area contributed by atoms with Crippen molar-refractivity contribution in [3.8, 4) is 0 Å². The molecule has 0 radical (unpaired) electrons. The van der Waals surface area contributed by atoms with E-state index in [4.69, 9.17) is 16.3 Å². The van der Waals surface area contributed by atoms with Gasteiger partial charge < -0.3 is 15.0 Å². The number of sulfonamides is 1. The van der Waals surface area contributed by atoms with Gasteiger partial charge in [0.05, 0.1) is 9.82 Å². The number of aryl methyl sites for hydroxylation is 1. The van der Waals surface area contributed by atoms with Crippen LogP contribution in [0.2, 0.25) is 5.02 Å². The summed E-state index contributed by atoms with van der Waals surface area (Å²) in [5, 5.41) is 14.2. The highest BCUT2D eigenvalue weighted by Gasteiger charge is 2.23. The topological polar surface area (TPSA) is 148 Å². The molecule has 0 aliphatic rings. The van der Waals surface area contributed by atoms with E-state index in [2.05, 4.69) is 5.32 Å². The van der Waals surface area contributed by atoms with Crippen molar-refractivity contribution in [2.45, 2.75) is 11.8 Å². The standard InChI is InChI=1S/C19H21ClN4O7S/c1-12-4-5-13(8-15(12)20)22-18(25)11-31-19(26)10-21-32(29,30)14-6-7-16(23(2)3)17(9-14)24(27)28/h4-9,21H,10-11H2,1-3H3,(H,22,25). The zero-order chi connectivity index (χ0) is 24.1. The van der Waals surface area contributed by atoms with E-state index in [1.807, 2.05) is 4.72 Å². The Morgan fingerprint density at radius 3 is 2.47 bits per heavy atom. The highest BCUT2D eigenvalue weighted by Crippen LogP contribution is 2.29. The maximum absolute atomic E-state index is 12.4. The average Bonchev–Trinajstić information content (AvgIpc) is 2.73. The molecule has 0 aromatic heterocycles. The van der Waals surface area contributed by atoms with Crippen molar-refractivity contribution in [1.82, 2.24) is 4.72 Å². The number of anilines is 2. The normalized spacial score (nSPS) is 11.0. The number of nitrogens with zero attached hydrogens (tertiary/aromatic N) is 2. The molecule has 0 atom stereocenters. The van der Waals surface area contributed by atoms with Gasteiger partial charge in [0.25, 0.3) is 11.6 Å². The Morgan fingerprint density at radius 1 is 1.19 bits per heavy atom. The first kappa shape index (κ1) is 25.0. The molecule has 0 saturated carbocycles. The molecular weight excluding hydrogens is 464 g/mol.